The number of nitrogens with zero attached hydrogens (tertiary/aromatic N) is 1. The maximum atomic E-state index is 13.0. The number of benzene rings is 2. The van der Waals surface area contributed by atoms with E-state index in [0.717, 1.165) is 29.6 Å². The van der Waals surface area contributed by atoms with Gasteiger partial charge in [-0.2, -0.15) is 13.2 Å². The summed E-state index contributed by atoms with van der Waals surface area (Å²) in [6.45, 7) is 2.45. The molecular formula is C23H17F3N2O3S. The van der Waals surface area contributed by atoms with Gasteiger partial charge in [0, 0.05) is 5.56 Å². The number of furan rings is 1. The van der Waals surface area contributed by atoms with Crippen molar-refractivity contribution < 1.29 is 27.1 Å². The van der Waals surface area contributed by atoms with E-state index >= 15 is 0 Å². The standard InChI is InChI=1S/C23H17F3N2O3S/c1-2-30-17-8-6-16(7-9-17)27-21-20(32-22(29)28-21)13-18-10-11-19(31-18)14-4-3-5-15(12-14)23(24,25)26/h3-13H,2H2,1H3,(H,27,28,29)/b20-13-. The normalized spacial score (nSPS) is 16.6. The summed E-state index contributed by atoms with van der Waals surface area (Å²) in [4.78, 5) is 16.9. The first-order valence-corrected chi connectivity index (χ1v) is 10.4. The van der Waals surface area contributed by atoms with Crippen molar-refractivity contribution in [3.63, 3.8) is 0 Å². The zero-order valence-corrected chi connectivity index (χ0v) is 17.6. The first kappa shape index (κ1) is 21.8. The van der Waals surface area contributed by atoms with Crippen LogP contribution in [0.2, 0.25) is 0 Å². The van der Waals surface area contributed by atoms with Crippen LogP contribution in [0.3, 0.4) is 0 Å². The molecule has 0 aliphatic carbocycles. The lowest BCUT2D eigenvalue weighted by atomic mass is 10.1. The molecule has 2 aromatic carbocycles. The Bertz CT molecular complexity index is 1200. The second kappa shape index (κ2) is 8.96. The molecule has 32 heavy (non-hydrogen) atoms. The Morgan fingerprint density at radius 2 is 1.91 bits per heavy atom. The number of amidine groups is 1. The third-order valence-electron chi connectivity index (χ3n) is 4.42. The van der Waals surface area contributed by atoms with E-state index in [1.807, 2.05) is 6.92 Å². The molecule has 0 bridgehead atoms. The lowest BCUT2D eigenvalue weighted by Gasteiger charge is -2.07. The van der Waals surface area contributed by atoms with E-state index in [2.05, 4.69) is 10.3 Å². The summed E-state index contributed by atoms with van der Waals surface area (Å²) in [5.74, 6) is 1.75. The van der Waals surface area contributed by atoms with Crippen LogP contribution in [-0.4, -0.2) is 17.7 Å². The van der Waals surface area contributed by atoms with Crippen molar-refractivity contribution >= 4 is 34.6 Å². The van der Waals surface area contributed by atoms with Crippen LogP contribution >= 0.6 is 11.8 Å². The van der Waals surface area contributed by atoms with E-state index in [-0.39, 0.29) is 11.0 Å². The predicted molar refractivity (Wildman–Crippen MR) is 118 cm³/mol. The van der Waals surface area contributed by atoms with Crippen LogP contribution in [0, 0.1) is 0 Å². The van der Waals surface area contributed by atoms with Gasteiger partial charge in [-0.3, -0.25) is 4.79 Å². The number of alkyl halides is 3. The fourth-order valence-electron chi connectivity index (χ4n) is 2.99. The second-order valence-corrected chi connectivity index (χ2v) is 7.71. The molecule has 1 N–H and O–H groups in total. The third kappa shape index (κ3) is 5.05. The van der Waals surface area contributed by atoms with Gasteiger partial charge in [0.1, 0.15) is 23.1 Å². The molecule has 0 atom stereocenters. The number of hydrogen-bond donors (Lipinski definition) is 1. The predicted octanol–water partition coefficient (Wildman–Crippen LogP) is 6.89. The largest absolute Gasteiger partial charge is 0.494 e. The number of ether oxygens (including phenoxy) is 1. The van der Waals surface area contributed by atoms with E-state index in [1.54, 1.807) is 48.5 Å². The van der Waals surface area contributed by atoms with Crippen LogP contribution in [0.25, 0.3) is 17.4 Å². The second-order valence-electron chi connectivity index (χ2n) is 6.69. The van der Waals surface area contributed by atoms with Gasteiger partial charge in [0.15, 0.2) is 0 Å². The average Bonchev–Trinajstić information content (AvgIpc) is 3.36. The molecule has 2 heterocycles. The Kier molecular flexibility index (Phi) is 6.09. The molecule has 5 nitrogen and oxygen atoms in total. The number of thioether (sulfide) groups is 1. The Hall–Kier alpha value is -3.46. The molecule has 1 aromatic heterocycles. The molecule has 1 fully saturated rings. The zero-order valence-electron chi connectivity index (χ0n) is 16.8. The van der Waals surface area contributed by atoms with Gasteiger partial charge in [0.2, 0.25) is 0 Å². The highest BCUT2D eigenvalue weighted by molar-refractivity contribution is 8.18. The maximum Gasteiger partial charge on any atom is 0.416 e. The maximum absolute atomic E-state index is 13.0. The highest BCUT2D eigenvalue weighted by Crippen LogP contribution is 2.34. The van der Waals surface area contributed by atoms with Crippen molar-refractivity contribution in [1.82, 2.24) is 5.32 Å². The molecule has 0 radical (unpaired) electrons. The van der Waals surface area contributed by atoms with E-state index in [9.17, 15) is 18.0 Å². The highest BCUT2D eigenvalue weighted by Gasteiger charge is 2.30. The number of halogens is 3. The summed E-state index contributed by atoms with van der Waals surface area (Å²) in [5.41, 5.74) is 0.180. The van der Waals surface area contributed by atoms with Crippen LogP contribution in [0.1, 0.15) is 18.2 Å². The quantitative estimate of drug-likeness (QED) is 0.452. The molecule has 164 valence electrons. The van der Waals surface area contributed by atoms with Crippen molar-refractivity contribution in [1.29, 1.82) is 0 Å². The third-order valence-corrected chi connectivity index (χ3v) is 5.24. The van der Waals surface area contributed by atoms with Crippen LogP contribution in [-0.2, 0) is 6.18 Å². The fraction of sp³-hybridized carbons (Fsp3) is 0.130. The van der Waals surface area contributed by atoms with Crippen molar-refractivity contribution in [2.45, 2.75) is 13.1 Å². The topological polar surface area (TPSA) is 63.8 Å². The van der Waals surface area contributed by atoms with Gasteiger partial charge >= 0.3 is 6.18 Å². The van der Waals surface area contributed by atoms with E-state index in [4.69, 9.17) is 9.15 Å². The Labute approximate surface area is 186 Å². The molecule has 9 heteroatoms. The van der Waals surface area contributed by atoms with Gasteiger partial charge in [0.25, 0.3) is 5.24 Å². The van der Waals surface area contributed by atoms with Crippen molar-refractivity contribution in [3.05, 3.63) is 76.9 Å². The summed E-state index contributed by atoms with van der Waals surface area (Å²) >= 11 is 0.957. The molecule has 0 unspecified atom stereocenters. The minimum Gasteiger partial charge on any atom is -0.494 e. The lowest BCUT2D eigenvalue weighted by molar-refractivity contribution is -0.137. The molecule has 1 saturated heterocycles. The smallest absolute Gasteiger partial charge is 0.416 e. The first-order chi connectivity index (χ1) is 15.3. The highest BCUT2D eigenvalue weighted by atomic mass is 32.2. The SMILES string of the molecule is CCOc1ccc(N=C2NC(=O)S/C2=C\c2ccc(-c3cccc(C(F)(F)F)c3)o2)cc1. The molecule has 0 spiro atoms. The first-order valence-electron chi connectivity index (χ1n) is 9.62. The molecule has 1 aliphatic heterocycles. The van der Waals surface area contributed by atoms with Gasteiger partial charge in [0.05, 0.1) is 22.8 Å². The number of aliphatic imine (C=N–C) groups is 1. The lowest BCUT2D eigenvalue weighted by Crippen LogP contribution is -2.18. The van der Waals surface area contributed by atoms with Crippen LogP contribution in [0.5, 0.6) is 5.75 Å². The number of carbonyl (C=O) groups excluding carboxylic acids is 1. The van der Waals surface area contributed by atoms with Gasteiger partial charge in [-0.25, -0.2) is 4.99 Å². The molecular weight excluding hydrogens is 441 g/mol. The summed E-state index contributed by atoms with van der Waals surface area (Å²) in [6, 6.07) is 15.2. The fourth-order valence-corrected chi connectivity index (χ4v) is 3.70. The monoisotopic (exact) mass is 458 g/mol. The van der Waals surface area contributed by atoms with Gasteiger partial charge in [-0.15, -0.1) is 0 Å². The van der Waals surface area contributed by atoms with E-state index in [1.165, 1.54) is 6.07 Å². The van der Waals surface area contributed by atoms with Gasteiger partial charge in [-0.05, 0) is 73.3 Å². The van der Waals surface area contributed by atoms with Gasteiger partial charge < -0.3 is 14.5 Å². The van der Waals surface area contributed by atoms with Crippen LogP contribution in [0.15, 0.2) is 75.0 Å². The average molecular weight is 458 g/mol. The van der Waals surface area contributed by atoms with Crippen LogP contribution < -0.4 is 10.1 Å². The van der Waals surface area contributed by atoms with Gasteiger partial charge in [-0.1, -0.05) is 12.1 Å². The number of rotatable bonds is 5. The van der Waals surface area contributed by atoms with Crippen LogP contribution in [0.4, 0.5) is 23.7 Å². The summed E-state index contributed by atoms with van der Waals surface area (Å²) < 4.78 is 50.0. The number of nitrogens with one attached hydrogen (secondary N) is 1. The Morgan fingerprint density at radius 1 is 1.12 bits per heavy atom. The number of amides is 1. The number of hydrogen-bond acceptors (Lipinski definition) is 5. The molecule has 0 saturated carbocycles. The Balaban J connectivity index is 1.59. The van der Waals surface area contributed by atoms with Crippen molar-refractivity contribution in [2.24, 2.45) is 4.99 Å². The molecule has 4 rings (SSSR count). The van der Waals surface area contributed by atoms with Crippen molar-refractivity contribution in [3.8, 4) is 17.1 Å². The summed E-state index contributed by atoms with van der Waals surface area (Å²) in [5, 5.41) is 2.40. The zero-order chi connectivity index (χ0) is 22.7. The van der Waals surface area contributed by atoms with E-state index < -0.39 is 11.7 Å². The molecule has 3 aromatic rings. The van der Waals surface area contributed by atoms with E-state index in [0.29, 0.717) is 34.4 Å². The summed E-state index contributed by atoms with van der Waals surface area (Å²) in [7, 11) is 0. The molecule has 1 aliphatic rings. The number of carbonyl (C=O) groups is 1. The minimum absolute atomic E-state index is 0.286. The minimum atomic E-state index is -4.44. The summed E-state index contributed by atoms with van der Waals surface area (Å²) in [6.07, 6.45) is -2.82. The Morgan fingerprint density at radius 3 is 2.62 bits per heavy atom. The molecule has 1 amide bonds. The van der Waals surface area contributed by atoms with Crippen molar-refractivity contribution in [2.75, 3.05) is 6.61 Å².